The first-order valence-corrected chi connectivity index (χ1v) is 8.92. The number of ether oxygens (including phenoxy) is 1. The van der Waals surface area contributed by atoms with Gasteiger partial charge >= 0.3 is 0 Å². The van der Waals surface area contributed by atoms with Crippen LogP contribution in [0, 0.1) is 5.92 Å². The minimum Gasteiger partial charge on any atom is -0.476 e. The van der Waals surface area contributed by atoms with E-state index in [0.717, 1.165) is 29.6 Å². The summed E-state index contributed by atoms with van der Waals surface area (Å²) in [6, 6.07) is 2.05. The van der Waals surface area contributed by atoms with Crippen LogP contribution in [0.25, 0.3) is 16.8 Å². The summed E-state index contributed by atoms with van der Waals surface area (Å²) in [7, 11) is 3.68. The van der Waals surface area contributed by atoms with Crippen molar-refractivity contribution in [3.63, 3.8) is 0 Å². The summed E-state index contributed by atoms with van der Waals surface area (Å²) in [5.41, 5.74) is 2.46. The predicted octanol–water partition coefficient (Wildman–Crippen LogP) is 1.93. The molecule has 1 aliphatic carbocycles. The largest absolute Gasteiger partial charge is 0.476 e. The van der Waals surface area contributed by atoms with Gasteiger partial charge in [-0.05, 0) is 25.0 Å². The van der Waals surface area contributed by atoms with Crippen LogP contribution >= 0.6 is 0 Å². The molecule has 0 N–H and O–H groups in total. The molecule has 1 fully saturated rings. The molecule has 2 atom stereocenters. The molecular formula is C19H22N6O2. The van der Waals surface area contributed by atoms with Crippen molar-refractivity contribution in [3.05, 3.63) is 43.5 Å². The minimum atomic E-state index is -0.0559. The fourth-order valence-electron chi connectivity index (χ4n) is 3.45. The van der Waals surface area contributed by atoms with Crippen LogP contribution in [0.5, 0.6) is 5.88 Å². The van der Waals surface area contributed by atoms with Crippen molar-refractivity contribution >= 4 is 11.4 Å². The topological polar surface area (TPSA) is 77.6 Å². The molecule has 1 amide bonds. The van der Waals surface area contributed by atoms with Gasteiger partial charge in [0.25, 0.3) is 0 Å². The first kappa shape index (κ1) is 17.3. The number of fused-ring (bicyclic) bond motifs is 1. The van der Waals surface area contributed by atoms with Crippen LogP contribution in [0.3, 0.4) is 0 Å². The van der Waals surface area contributed by atoms with E-state index in [1.165, 1.54) is 6.08 Å². The molecule has 1 aliphatic rings. The normalized spacial score (nSPS) is 18.9. The van der Waals surface area contributed by atoms with Gasteiger partial charge in [0.15, 0.2) is 0 Å². The van der Waals surface area contributed by atoms with E-state index in [1.807, 2.05) is 32.6 Å². The third-order valence-corrected chi connectivity index (χ3v) is 5.19. The summed E-state index contributed by atoms with van der Waals surface area (Å²) in [6.07, 6.45) is 10.6. The fourth-order valence-corrected chi connectivity index (χ4v) is 3.45. The maximum absolute atomic E-state index is 11.8. The van der Waals surface area contributed by atoms with Gasteiger partial charge in [-0.2, -0.15) is 10.2 Å². The number of carbonyl (C=O) groups is 1. The summed E-state index contributed by atoms with van der Waals surface area (Å²) >= 11 is 0. The predicted molar refractivity (Wildman–Crippen MR) is 100 cm³/mol. The molecule has 0 saturated heterocycles. The number of carbonyl (C=O) groups excluding carboxylic acids is 1. The van der Waals surface area contributed by atoms with Crippen molar-refractivity contribution in [2.75, 3.05) is 13.7 Å². The average Bonchev–Trinajstić information content (AvgIpc) is 3.28. The third-order valence-electron chi connectivity index (χ3n) is 5.19. The zero-order chi connectivity index (χ0) is 19.0. The lowest BCUT2D eigenvalue weighted by Gasteiger charge is -2.42. The number of nitrogens with zero attached hydrogens (tertiary/aromatic N) is 6. The van der Waals surface area contributed by atoms with Gasteiger partial charge in [-0.1, -0.05) is 6.58 Å². The molecule has 27 heavy (non-hydrogen) atoms. The van der Waals surface area contributed by atoms with Gasteiger partial charge in [0, 0.05) is 37.8 Å². The van der Waals surface area contributed by atoms with Crippen LogP contribution in [0.4, 0.5) is 0 Å². The number of hydrogen-bond acceptors (Lipinski definition) is 5. The number of likely N-dealkylation sites (N-methyl/N-ethyl adjacent to an activating group) is 1. The zero-order valence-corrected chi connectivity index (χ0v) is 15.4. The summed E-state index contributed by atoms with van der Waals surface area (Å²) in [6.45, 7) is 4.06. The average molecular weight is 366 g/mol. The van der Waals surface area contributed by atoms with Crippen molar-refractivity contribution in [2.24, 2.45) is 13.0 Å². The Morgan fingerprint density at radius 1 is 1.41 bits per heavy atom. The molecule has 0 aromatic carbocycles. The molecule has 8 heteroatoms. The second-order valence-corrected chi connectivity index (χ2v) is 6.86. The number of aryl methyl sites for hydroxylation is 1. The Bertz CT molecular complexity index is 991. The van der Waals surface area contributed by atoms with Gasteiger partial charge in [0.05, 0.1) is 30.9 Å². The highest BCUT2D eigenvalue weighted by Crippen LogP contribution is 2.33. The van der Waals surface area contributed by atoms with Gasteiger partial charge in [-0.15, -0.1) is 0 Å². The molecule has 1 saturated carbocycles. The Morgan fingerprint density at radius 3 is 2.93 bits per heavy atom. The highest BCUT2D eigenvalue weighted by molar-refractivity contribution is 5.87. The van der Waals surface area contributed by atoms with E-state index in [1.54, 1.807) is 26.5 Å². The van der Waals surface area contributed by atoms with Crippen LogP contribution in [-0.2, 0) is 11.8 Å². The van der Waals surface area contributed by atoms with E-state index >= 15 is 0 Å². The van der Waals surface area contributed by atoms with E-state index in [-0.39, 0.29) is 17.9 Å². The standard InChI is InChI=1S/C19H22N6O2/c1-4-18(26)24(3)16-6-5-13(16)12-27-19-17-7-8-20-25(17)11-15(22-19)14-9-21-23(2)10-14/h4,7-11,13,16H,1,5-6,12H2,2-3H3/t13-,16+/m0/s1. The Morgan fingerprint density at radius 2 is 2.26 bits per heavy atom. The summed E-state index contributed by atoms with van der Waals surface area (Å²) in [4.78, 5) is 18.3. The minimum absolute atomic E-state index is 0.0559. The highest BCUT2D eigenvalue weighted by Gasteiger charge is 2.36. The van der Waals surface area contributed by atoms with Gasteiger partial charge in [-0.3, -0.25) is 9.48 Å². The molecule has 8 nitrogen and oxygen atoms in total. The van der Waals surface area contributed by atoms with Crippen LogP contribution in [0.2, 0.25) is 0 Å². The van der Waals surface area contributed by atoms with Crippen molar-refractivity contribution < 1.29 is 9.53 Å². The Balaban J connectivity index is 1.54. The van der Waals surface area contributed by atoms with Crippen LogP contribution < -0.4 is 4.74 Å². The van der Waals surface area contributed by atoms with Gasteiger partial charge in [-0.25, -0.2) is 9.50 Å². The Kier molecular flexibility index (Phi) is 4.39. The molecule has 3 heterocycles. The first-order chi connectivity index (χ1) is 13.1. The van der Waals surface area contributed by atoms with Crippen LogP contribution in [0.15, 0.2) is 43.5 Å². The molecule has 3 aromatic rings. The Hall–Kier alpha value is -3.16. The third kappa shape index (κ3) is 3.18. The second-order valence-electron chi connectivity index (χ2n) is 6.86. The van der Waals surface area contributed by atoms with Crippen molar-refractivity contribution in [1.82, 2.24) is 29.3 Å². The monoisotopic (exact) mass is 366 g/mol. The lowest BCUT2D eigenvalue weighted by molar-refractivity contribution is -0.130. The summed E-state index contributed by atoms with van der Waals surface area (Å²) < 4.78 is 9.57. The van der Waals surface area contributed by atoms with E-state index < -0.39 is 0 Å². The molecule has 0 radical (unpaired) electrons. The lowest BCUT2D eigenvalue weighted by Crippen LogP contribution is -2.49. The van der Waals surface area contributed by atoms with Gasteiger partial charge in [0.2, 0.25) is 11.8 Å². The molecular weight excluding hydrogens is 344 g/mol. The van der Waals surface area contributed by atoms with E-state index in [0.29, 0.717) is 12.5 Å². The molecule has 0 aliphatic heterocycles. The second kappa shape index (κ2) is 6.86. The van der Waals surface area contributed by atoms with Crippen LogP contribution in [0.1, 0.15) is 12.8 Å². The molecule has 140 valence electrons. The van der Waals surface area contributed by atoms with Crippen molar-refractivity contribution in [2.45, 2.75) is 18.9 Å². The summed E-state index contributed by atoms with van der Waals surface area (Å²) in [5.74, 6) is 0.766. The lowest BCUT2D eigenvalue weighted by atomic mass is 9.79. The van der Waals surface area contributed by atoms with Crippen LogP contribution in [-0.4, -0.2) is 54.9 Å². The van der Waals surface area contributed by atoms with E-state index in [9.17, 15) is 4.79 Å². The quantitative estimate of drug-likeness (QED) is 0.623. The maximum Gasteiger partial charge on any atom is 0.245 e. The molecule has 0 bridgehead atoms. The molecule has 0 spiro atoms. The van der Waals surface area contributed by atoms with Crippen molar-refractivity contribution in [3.8, 4) is 17.1 Å². The van der Waals surface area contributed by atoms with E-state index in [4.69, 9.17) is 4.74 Å². The molecule has 0 unspecified atom stereocenters. The Labute approximate surface area is 157 Å². The number of rotatable bonds is 6. The van der Waals surface area contributed by atoms with Gasteiger partial charge in [0.1, 0.15) is 5.52 Å². The fraction of sp³-hybridized carbons (Fsp3) is 0.368. The smallest absolute Gasteiger partial charge is 0.245 e. The number of amides is 1. The number of aromatic nitrogens is 5. The molecule has 4 rings (SSSR count). The zero-order valence-electron chi connectivity index (χ0n) is 15.4. The highest BCUT2D eigenvalue weighted by atomic mass is 16.5. The van der Waals surface area contributed by atoms with Crippen molar-refractivity contribution in [1.29, 1.82) is 0 Å². The SMILES string of the molecule is C=CC(=O)N(C)[C@@H]1CC[C@H]1COc1nc(-c2cnn(C)c2)cn2nccc12. The first-order valence-electron chi connectivity index (χ1n) is 8.92. The number of hydrogen-bond donors (Lipinski definition) is 0. The molecule has 3 aromatic heterocycles. The maximum atomic E-state index is 11.8. The van der Waals surface area contributed by atoms with E-state index in [2.05, 4.69) is 21.8 Å². The summed E-state index contributed by atoms with van der Waals surface area (Å²) in [5, 5.41) is 8.52. The van der Waals surface area contributed by atoms with Gasteiger partial charge < -0.3 is 9.64 Å².